The second-order valence-electron chi connectivity index (χ2n) is 7.49. The lowest BCUT2D eigenvalue weighted by atomic mass is 10.1. The molecule has 4 rings (SSSR count). The quantitative estimate of drug-likeness (QED) is 0.774. The van der Waals surface area contributed by atoms with Crippen LogP contribution in [0.1, 0.15) is 22.3 Å². The minimum Gasteiger partial charge on any atom is -0.337 e. The summed E-state index contributed by atoms with van der Waals surface area (Å²) in [7, 11) is 0. The van der Waals surface area contributed by atoms with Crippen LogP contribution in [0.25, 0.3) is 0 Å². The van der Waals surface area contributed by atoms with Gasteiger partial charge in [-0.1, -0.05) is 30.3 Å². The molecule has 8 heteroatoms. The SMILES string of the molecule is O=C(c1ccc(F)cc1F)N1CCC2C(=O)N(Cc3ccccc3)CC(=O)N2CC1. The first kappa shape index (κ1) is 20.0. The first-order valence-corrected chi connectivity index (χ1v) is 9.80. The molecular formula is C22H21F2N3O3. The second-order valence-corrected chi connectivity index (χ2v) is 7.49. The molecule has 2 aliphatic rings. The molecule has 2 aliphatic heterocycles. The smallest absolute Gasteiger partial charge is 0.256 e. The van der Waals surface area contributed by atoms with Gasteiger partial charge in [-0.3, -0.25) is 14.4 Å². The lowest BCUT2D eigenvalue weighted by molar-refractivity contribution is -0.156. The molecule has 1 atom stereocenters. The fraction of sp³-hybridized carbons (Fsp3) is 0.318. The van der Waals surface area contributed by atoms with Crippen molar-refractivity contribution in [1.82, 2.24) is 14.7 Å². The van der Waals surface area contributed by atoms with E-state index in [2.05, 4.69) is 0 Å². The second kappa shape index (κ2) is 8.22. The summed E-state index contributed by atoms with van der Waals surface area (Å²) in [5.74, 6) is -2.58. The molecular weight excluding hydrogens is 392 g/mol. The predicted octanol–water partition coefficient (Wildman–Crippen LogP) is 2.05. The van der Waals surface area contributed by atoms with Crippen LogP contribution in [-0.4, -0.2) is 64.6 Å². The molecule has 0 saturated carbocycles. The molecule has 0 spiro atoms. The molecule has 2 saturated heterocycles. The number of nitrogens with zero attached hydrogens (tertiary/aromatic N) is 3. The van der Waals surface area contributed by atoms with E-state index in [0.717, 1.165) is 17.7 Å². The van der Waals surface area contributed by atoms with Gasteiger partial charge in [0.15, 0.2) is 0 Å². The summed E-state index contributed by atoms with van der Waals surface area (Å²) < 4.78 is 27.2. The number of carbonyl (C=O) groups is 3. The zero-order valence-corrected chi connectivity index (χ0v) is 16.3. The van der Waals surface area contributed by atoms with E-state index in [4.69, 9.17) is 0 Å². The van der Waals surface area contributed by atoms with Crippen molar-refractivity contribution in [3.63, 3.8) is 0 Å². The molecule has 1 unspecified atom stereocenters. The zero-order valence-electron chi connectivity index (χ0n) is 16.3. The number of hydrogen-bond donors (Lipinski definition) is 0. The van der Waals surface area contributed by atoms with Crippen LogP contribution in [0.3, 0.4) is 0 Å². The minimum absolute atomic E-state index is 0.00916. The van der Waals surface area contributed by atoms with E-state index >= 15 is 0 Å². The Morgan fingerprint density at radius 2 is 1.77 bits per heavy atom. The van der Waals surface area contributed by atoms with E-state index in [1.807, 2.05) is 30.3 Å². The highest BCUT2D eigenvalue weighted by atomic mass is 19.1. The Morgan fingerprint density at radius 3 is 2.50 bits per heavy atom. The third-order valence-electron chi connectivity index (χ3n) is 5.57. The van der Waals surface area contributed by atoms with Crippen molar-refractivity contribution in [1.29, 1.82) is 0 Å². The van der Waals surface area contributed by atoms with Gasteiger partial charge in [0.2, 0.25) is 11.8 Å². The first-order valence-electron chi connectivity index (χ1n) is 9.80. The lowest BCUT2D eigenvalue weighted by Gasteiger charge is -2.39. The average molecular weight is 413 g/mol. The van der Waals surface area contributed by atoms with Gasteiger partial charge in [-0.25, -0.2) is 8.78 Å². The molecule has 2 heterocycles. The van der Waals surface area contributed by atoms with Gasteiger partial charge in [0.05, 0.1) is 5.56 Å². The first-order chi connectivity index (χ1) is 14.4. The van der Waals surface area contributed by atoms with E-state index in [1.54, 1.807) is 0 Å². The highest BCUT2D eigenvalue weighted by Gasteiger charge is 2.41. The largest absolute Gasteiger partial charge is 0.337 e. The Balaban J connectivity index is 1.49. The monoisotopic (exact) mass is 413 g/mol. The van der Waals surface area contributed by atoms with Gasteiger partial charge >= 0.3 is 0 Å². The van der Waals surface area contributed by atoms with E-state index in [9.17, 15) is 23.2 Å². The number of fused-ring (bicyclic) bond motifs is 1. The molecule has 0 aliphatic carbocycles. The van der Waals surface area contributed by atoms with Crippen LogP contribution < -0.4 is 0 Å². The van der Waals surface area contributed by atoms with Gasteiger partial charge in [-0.15, -0.1) is 0 Å². The molecule has 0 N–H and O–H groups in total. The van der Waals surface area contributed by atoms with E-state index < -0.39 is 23.6 Å². The Kier molecular flexibility index (Phi) is 5.48. The lowest BCUT2D eigenvalue weighted by Crippen LogP contribution is -2.59. The topological polar surface area (TPSA) is 60.9 Å². The number of halogens is 2. The number of hydrogen-bond acceptors (Lipinski definition) is 3. The highest BCUT2D eigenvalue weighted by molar-refractivity contribution is 5.96. The average Bonchev–Trinajstić information content (AvgIpc) is 2.96. The molecule has 2 aromatic carbocycles. The van der Waals surface area contributed by atoms with Crippen LogP contribution in [0.2, 0.25) is 0 Å². The Hall–Kier alpha value is -3.29. The standard InChI is InChI=1S/C22H21F2N3O3/c23-16-6-7-17(18(24)12-16)21(29)25-9-8-19-22(30)26(13-15-4-2-1-3-5-15)14-20(28)27(19)11-10-25/h1-7,12,19H,8-11,13-14H2. The summed E-state index contributed by atoms with van der Waals surface area (Å²) in [6, 6.07) is 11.6. The highest BCUT2D eigenvalue weighted by Crippen LogP contribution is 2.22. The molecule has 30 heavy (non-hydrogen) atoms. The van der Waals surface area contributed by atoms with Crippen LogP contribution in [-0.2, 0) is 16.1 Å². The maximum atomic E-state index is 14.0. The predicted molar refractivity (Wildman–Crippen MR) is 104 cm³/mol. The maximum absolute atomic E-state index is 14.0. The van der Waals surface area contributed by atoms with Gasteiger partial charge in [0, 0.05) is 32.2 Å². The van der Waals surface area contributed by atoms with Crippen molar-refractivity contribution in [3.05, 3.63) is 71.3 Å². The van der Waals surface area contributed by atoms with Crippen molar-refractivity contribution in [3.8, 4) is 0 Å². The van der Waals surface area contributed by atoms with Crippen LogP contribution in [0, 0.1) is 11.6 Å². The summed E-state index contributed by atoms with van der Waals surface area (Å²) in [5, 5.41) is 0. The number of carbonyl (C=O) groups excluding carboxylic acids is 3. The van der Waals surface area contributed by atoms with Gasteiger partial charge in [-0.2, -0.15) is 0 Å². The van der Waals surface area contributed by atoms with E-state index in [-0.39, 0.29) is 50.0 Å². The molecule has 3 amide bonds. The zero-order chi connectivity index (χ0) is 21.3. The van der Waals surface area contributed by atoms with E-state index in [0.29, 0.717) is 12.6 Å². The molecule has 156 valence electrons. The molecule has 2 aromatic rings. The Labute approximate surface area is 172 Å². The van der Waals surface area contributed by atoms with Crippen LogP contribution in [0.15, 0.2) is 48.5 Å². The van der Waals surface area contributed by atoms with Crippen LogP contribution in [0.4, 0.5) is 8.78 Å². The summed E-state index contributed by atoms with van der Waals surface area (Å²) in [5.41, 5.74) is 0.712. The summed E-state index contributed by atoms with van der Waals surface area (Å²) in [4.78, 5) is 42.9. The van der Waals surface area contributed by atoms with Crippen LogP contribution >= 0.6 is 0 Å². The molecule has 2 fully saturated rings. The normalized spacial score (nSPS) is 19.5. The third kappa shape index (κ3) is 3.90. The minimum atomic E-state index is -0.928. The Morgan fingerprint density at radius 1 is 1.00 bits per heavy atom. The summed E-state index contributed by atoms with van der Waals surface area (Å²) in [6.45, 7) is 0.922. The van der Waals surface area contributed by atoms with Crippen molar-refractivity contribution < 1.29 is 23.2 Å². The number of piperazine rings is 1. The third-order valence-corrected chi connectivity index (χ3v) is 5.57. The number of rotatable bonds is 3. The molecule has 0 radical (unpaired) electrons. The number of amides is 3. The summed E-state index contributed by atoms with van der Waals surface area (Å²) >= 11 is 0. The van der Waals surface area contributed by atoms with Gasteiger partial charge in [-0.05, 0) is 24.1 Å². The van der Waals surface area contributed by atoms with Crippen molar-refractivity contribution >= 4 is 17.7 Å². The number of benzene rings is 2. The van der Waals surface area contributed by atoms with Gasteiger partial charge < -0.3 is 14.7 Å². The fourth-order valence-corrected chi connectivity index (χ4v) is 4.00. The van der Waals surface area contributed by atoms with Crippen LogP contribution in [0.5, 0.6) is 0 Å². The van der Waals surface area contributed by atoms with Crippen molar-refractivity contribution in [2.45, 2.75) is 19.0 Å². The Bertz CT molecular complexity index is 983. The fourth-order valence-electron chi connectivity index (χ4n) is 4.00. The maximum Gasteiger partial charge on any atom is 0.256 e. The molecule has 6 nitrogen and oxygen atoms in total. The summed E-state index contributed by atoms with van der Waals surface area (Å²) in [6.07, 6.45) is 0.268. The molecule has 0 aromatic heterocycles. The van der Waals surface area contributed by atoms with Gasteiger partial charge in [0.1, 0.15) is 24.2 Å². The van der Waals surface area contributed by atoms with Crippen molar-refractivity contribution in [2.75, 3.05) is 26.2 Å². The molecule has 0 bridgehead atoms. The van der Waals surface area contributed by atoms with Gasteiger partial charge in [0.25, 0.3) is 5.91 Å². The van der Waals surface area contributed by atoms with Crippen molar-refractivity contribution in [2.24, 2.45) is 0 Å². The van der Waals surface area contributed by atoms with E-state index in [1.165, 1.54) is 14.7 Å².